The Morgan fingerprint density at radius 3 is 2.50 bits per heavy atom. The summed E-state index contributed by atoms with van der Waals surface area (Å²) in [6, 6.07) is 19.4. The fourth-order valence-corrected chi connectivity index (χ4v) is 2.97. The van der Waals surface area contributed by atoms with Crippen LogP contribution in [-0.2, 0) is 0 Å². The van der Waals surface area contributed by atoms with Crippen molar-refractivity contribution in [2.75, 3.05) is 0 Å². The van der Waals surface area contributed by atoms with Crippen LogP contribution in [-0.4, -0.2) is 9.97 Å². The molecule has 0 fully saturated rings. The van der Waals surface area contributed by atoms with Gasteiger partial charge in [0.25, 0.3) is 5.56 Å². The summed E-state index contributed by atoms with van der Waals surface area (Å²) in [4.78, 5) is 18.2. The predicted molar refractivity (Wildman–Crippen MR) is 95.6 cm³/mol. The van der Waals surface area contributed by atoms with Crippen LogP contribution in [0.1, 0.15) is 5.69 Å². The topological polar surface area (TPSA) is 57.9 Å². The number of hydrogen-bond acceptors (Lipinski definition) is 2. The average Bonchev–Trinajstić information content (AvgIpc) is 2.94. The maximum atomic E-state index is 12.1. The van der Waals surface area contributed by atoms with Crippen molar-refractivity contribution in [2.45, 2.75) is 6.92 Å². The van der Waals surface area contributed by atoms with E-state index in [1.165, 1.54) is 0 Å². The molecule has 0 aliphatic carbocycles. The third-order valence-corrected chi connectivity index (χ3v) is 4.05. The van der Waals surface area contributed by atoms with Crippen LogP contribution in [0.2, 0.25) is 0 Å². The molecule has 4 heteroatoms. The molecule has 2 heterocycles. The molecule has 118 valence electrons. The second kappa shape index (κ2) is 5.74. The summed E-state index contributed by atoms with van der Waals surface area (Å²) in [6.45, 7) is 1.90. The first-order valence-corrected chi connectivity index (χ1v) is 7.76. The van der Waals surface area contributed by atoms with Crippen LogP contribution in [0, 0.1) is 6.92 Å². The van der Waals surface area contributed by atoms with Gasteiger partial charge < -0.3 is 14.7 Å². The lowest BCUT2D eigenvalue weighted by Crippen LogP contribution is -2.03. The van der Waals surface area contributed by atoms with Crippen LogP contribution >= 0.6 is 0 Å². The Morgan fingerprint density at radius 1 is 0.917 bits per heavy atom. The first kappa shape index (κ1) is 14.3. The van der Waals surface area contributed by atoms with Gasteiger partial charge in [-0.3, -0.25) is 4.79 Å². The third kappa shape index (κ3) is 2.38. The molecule has 2 aromatic heterocycles. The van der Waals surface area contributed by atoms with Crippen molar-refractivity contribution in [1.29, 1.82) is 0 Å². The summed E-state index contributed by atoms with van der Waals surface area (Å²) in [7, 11) is 0. The van der Waals surface area contributed by atoms with Crippen LogP contribution < -0.4 is 10.3 Å². The highest BCUT2D eigenvalue weighted by Crippen LogP contribution is 2.36. The number of aromatic amines is 2. The number of hydrogen-bond donors (Lipinski definition) is 2. The Bertz CT molecular complexity index is 1060. The Labute approximate surface area is 138 Å². The molecule has 4 aromatic rings. The second-order valence-electron chi connectivity index (χ2n) is 5.63. The number of ether oxygens (including phenoxy) is 1. The minimum absolute atomic E-state index is 0.0889. The van der Waals surface area contributed by atoms with Crippen molar-refractivity contribution in [3.63, 3.8) is 0 Å². The first-order valence-electron chi connectivity index (χ1n) is 7.76. The molecule has 0 amide bonds. The van der Waals surface area contributed by atoms with E-state index in [4.69, 9.17) is 4.74 Å². The lowest BCUT2D eigenvalue weighted by Gasteiger charge is -2.10. The molecule has 2 N–H and O–H groups in total. The summed E-state index contributed by atoms with van der Waals surface area (Å²) >= 11 is 0. The molecule has 0 spiro atoms. The van der Waals surface area contributed by atoms with Crippen molar-refractivity contribution in [3.05, 3.63) is 82.9 Å². The van der Waals surface area contributed by atoms with Gasteiger partial charge in [0.15, 0.2) is 0 Å². The lowest BCUT2D eigenvalue weighted by molar-refractivity contribution is 0.484. The fourth-order valence-electron chi connectivity index (χ4n) is 2.97. The summed E-state index contributed by atoms with van der Waals surface area (Å²) < 4.78 is 6.05. The van der Waals surface area contributed by atoms with Gasteiger partial charge in [-0.1, -0.05) is 30.3 Å². The molecular weight excluding hydrogens is 300 g/mol. The summed E-state index contributed by atoms with van der Waals surface area (Å²) in [5, 5.41) is 1.57. The van der Waals surface area contributed by atoms with Gasteiger partial charge in [-0.15, -0.1) is 0 Å². The van der Waals surface area contributed by atoms with Crippen molar-refractivity contribution in [2.24, 2.45) is 0 Å². The maximum Gasteiger partial charge on any atom is 0.257 e. The van der Waals surface area contributed by atoms with E-state index in [1.807, 2.05) is 67.6 Å². The van der Waals surface area contributed by atoms with E-state index in [1.54, 1.807) is 6.20 Å². The first-order chi connectivity index (χ1) is 11.7. The van der Waals surface area contributed by atoms with Gasteiger partial charge in [0.1, 0.15) is 11.5 Å². The number of aryl methyl sites for hydroxylation is 1. The molecule has 4 rings (SSSR count). The quantitative estimate of drug-likeness (QED) is 0.579. The fraction of sp³-hybridized carbons (Fsp3) is 0.0500. The molecule has 0 saturated heterocycles. The van der Waals surface area contributed by atoms with Crippen LogP contribution in [0.4, 0.5) is 0 Å². The molecule has 0 atom stereocenters. The average molecular weight is 316 g/mol. The molecule has 0 saturated carbocycles. The number of nitrogens with one attached hydrogen (secondary N) is 2. The molecule has 0 radical (unpaired) electrons. The number of aromatic nitrogens is 2. The standard InChI is InChI=1S/C20H16N2O2/c1-13-18-16(11-12-21-20(18)23)19(22-13)15-9-5-6-10-17(15)24-14-7-3-2-4-8-14/h2-12,22H,1H3,(H,21,23). The van der Waals surface area contributed by atoms with E-state index >= 15 is 0 Å². The van der Waals surface area contributed by atoms with Gasteiger partial charge in [0.05, 0.1) is 11.1 Å². The van der Waals surface area contributed by atoms with Crippen LogP contribution in [0.3, 0.4) is 0 Å². The monoisotopic (exact) mass is 316 g/mol. The van der Waals surface area contributed by atoms with Gasteiger partial charge in [0.2, 0.25) is 0 Å². The second-order valence-corrected chi connectivity index (χ2v) is 5.63. The molecule has 0 bridgehead atoms. The zero-order valence-corrected chi connectivity index (χ0v) is 13.2. The van der Waals surface area contributed by atoms with Crippen molar-refractivity contribution in [1.82, 2.24) is 9.97 Å². The van der Waals surface area contributed by atoms with E-state index < -0.39 is 0 Å². The predicted octanol–water partition coefficient (Wildman–Crippen LogP) is 4.62. The summed E-state index contributed by atoms with van der Waals surface area (Å²) in [5.74, 6) is 1.52. The molecule has 0 aliphatic rings. The van der Waals surface area contributed by atoms with Gasteiger partial charge in [-0.05, 0) is 37.3 Å². The van der Waals surface area contributed by atoms with E-state index in [2.05, 4.69) is 9.97 Å². The Kier molecular flexibility index (Phi) is 3.43. The van der Waals surface area contributed by atoms with Gasteiger partial charge in [0, 0.05) is 22.8 Å². The normalized spacial score (nSPS) is 10.9. The minimum atomic E-state index is -0.0889. The minimum Gasteiger partial charge on any atom is -0.457 e. The highest BCUT2D eigenvalue weighted by Gasteiger charge is 2.15. The van der Waals surface area contributed by atoms with Crippen LogP contribution in [0.5, 0.6) is 11.5 Å². The number of rotatable bonds is 3. The summed E-state index contributed by atoms with van der Waals surface area (Å²) in [6.07, 6.45) is 1.67. The van der Waals surface area contributed by atoms with Crippen molar-refractivity contribution >= 4 is 10.8 Å². The van der Waals surface area contributed by atoms with Gasteiger partial charge in [-0.2, -0.15) is 0 Å². The molecular formula is C20H16N2O2. The van der Waals surface area contributed by atoms with Crippen molar-refractivity contribution < 1.29 is 4.74 Å². The Morgan fingerprint density at radius 2 is 1.67 bits per heavy atom. The Balaban J connectivity index is 1.90. The highest BCUT2D eigenvalue weighted by molar-refractivity contribution is 5.98. The third-order valence-electron chi connectivity index (χ3n) is 4.05. The van der Waals surface area contributed by atoms with Crippen LogP contribution in [0.25, 0.3) is 22.0 Å². The molecule has 4 nitrogen and oxygen atoms in total. The molecule has 2 aromatic carbocycles. The van der Waals surface area contributed by atoms with E-state index in [-0.39, 0.29) is 5.56 Å². The zero-order chi connectivity index (χ0) is 16.5. The molecule has 0 aliphatic heterocycles. The van der Waals surface area contributed by atoms with E-state index in [0.717, 1.165) is 33.8 Å². The zero-order valence-electron chi connectivity index (χ0n) is 13.2. The maximum absolute atomic E-state index is 12.1. The molecule has 0 unspecified atom stereocenters. The Hall–Kier alpha value is -3.27. The molecule has 24 heavy (non-hydrogen) atoms. The van der Waals surface area contributed by atoms with Gasteiger partial charge >= 0.3 is 0 Å². The van der Waals surface area contributed by atoms with E-state index in [0.29, 0.717) is 5.39 Å². The number of benzene rings is 2. The SMILES string of the molecule is Cc1[nH]c(-c2ccccc2Oc2ccccc2)c2cc[nH]c(=O)c12. The lowest BCUT2D eigenvalue weighted by atomic mass is 10.1. The van der Waals surface area contributed by atoms with Crippen LogP contribution in [0.15, 0.2) is 71.7 Å². The number of pyridine rings is 1. The highest BCUT2D eigenvalue weighted by atomic mass is 16.5. The largest absolute Gasteiger partial charge is 0.457 e. The summed E-state index contributed by atoms with van der Waals surface area (Å²) in [5.41, 5.74) is 2.57. The number of H-pyrrole nitrogens is 2. The smallest absolute Gasteiger partial charge is 0.257 e. The van der Waals surface area contributed by atoms with Crippen molar-refractivity contribution in [3.8, 4) is 22.8 Å². The van der Waals surface area contributed by atoms with E-state index in [9.17, 15) is 4.79 Å². The number of fused-ring (bicyclic) bond motifs is 1. The number of para-hydroxylation sites is 2. The van der Waals surface area contributed by atoms with Gasteiger partial charge in [-0.25, -0.2) is 0 Å².